The first-order valence-corrected chi connectivity index (χ1v) is 12.0. The first-order valence-electron chi connectivity index (χ1n) is 12.0. The minimum absolute atomic E-state index is 0.0233. The van der Waals surface area contributed by atoms with Gasteiger partial charge in [-0.3, -0.25) is 9.59 Å². The van der Waals surface area contributed by atoms with E-state index in [1.54, 1.807) is 18.2 Å². The number of ketones is 1. The van der Waals surface area contributed by atoms with Crippen molar-refractivity contribution in [3.63, 3.8) is 0 Å². The fourth-order valence-corrected chi connectivity index (χ4v) is 4.05. The van der Waals surface area contributed by atoms with Crippen molar-refractivity contribution in [3.05, 3.63) is 99.5 Å². The van der Waals surface area contributed by atoms with E-state index in [0.29, 0.717) is 24.2 Å². The van der Waals surface area contributed by atoms with Gasteiger partial charge < -0.3 is 14.7 Å². The largest absolute Gasteiger partial charge is 0.417 e. The van der Waals surface area contributed by atoms with Crippen LogP contribution in [-0.2, 0) is 28.7 Å². The minimum Gasteiger partial charge on any atom is -0.326 e. The molecule has 2 aromatic carbocycles. The molecule has 1 aromatic heterocycles. The number of aryl methyl sites for hydroxylation is 1. The van der Waals surface area contributed by atoms with E-state index < -0.39 is 41.2 Å². The van der Waals surface area contributed by atoms with Gasteiger partial charge in [-0.2, -0.15) is 26.3 Å². The summed E-state index contributed by atoms with van der Waals surface area (Å²) in [4.78, 5) is 36.4. The van der Waals surface area contributed by atoms with Crippen molar-refractivity contribution in [2.45, 2.75) is 51.5 Å². The maximum Gasteiger partial charge on any atom is 0.417 e. The summed E-state index contributed by atoms with van der Waals surface area (Å²) in [5.41, 5.74) is -0.277. The van der Waals surface area contributed by atoms with Crippen molar-refractivity contribution in [1.82, 2.24) is 4.57 Å². The Morgan fingerprint density at radius 2 is 1.59 bits per heavy atom. The molecule has 0 aliphatic heterocycles. The summed E-state index contributed by atoms with van der Waals surface area (Å²) in [6.45, 7) is 2.09. The van der Waals surface area contributed by atoms with Gasteiger partial charge in [-0.25, -0.2) is 0 Å². The highest BCUT2D eigenvalue weighted by molar-refractivity contribution is 5.96. The summed E-state index contributed by atoms with van der Waals surface area (Å²) in [5, 5.41) is 2.53. The molecule has 39 heavy (non-hydrogen) atoms. The fourth-order valence-electron chi connectivity index (χ4n) is 4.05. The number of amides is 1. The van der Waals surface area contributed by atoms with Crippen LogP contribution in [0.2, 0.25) is 0 Å². The molecule has 2 atom stereocenters. The molecule has 11 heteroatoms. The van der Waals surface area contributed by atoms with Gasteiger partial charge in [0.1, 0.15) is 5.78 Å². The highest BCUT2D eigenvalue weighted by Gasteiger charge is 2.45. The molecule has 1 N–H and O–H groups in total. The average molecular weight is 553 g/mol. The van der Waals surface area contributed by atoms with E-state index in [1.165, 1.54) is 37.3 Å². The predicted octanol–water partition coefficient (Wildman–Crippen LogP) is 6.36. The summed E-state index contributed by atoms with van der Waals surface area (Å²) in [6.07, 6.45) is -7.99. The van der Waals surface area contributed by atoms with Crippen LogP contribution in [0.5, 0.6) is 0 Å². The average Bonchev–Trinajstić information content (AvgIpc) is 2.84. The Balaban J connectivity index is 1.86. The molecule has 208 valence electrons. The van der Waals surface area contributed by atoms with E-state index in [9.17, 15) is 40.7 Å². The number of pyridine rings is 1. The van der Waals surface area contributed by atoms with Gasteiger partial charge in [-0.05, 0) is 48.2 Å². The van der Waals surface area contributed by atoms with Crippen molar-refractivity contribution >= 4 is 17.4 Å². The lowest BCUT2D eigenvalue weighted by molar-refractivity contribution is -0.178. The SMILES string of the molecule is CC(=O)CCc1cccc(NC(=O)[C@@H](c2ccc(Cn3cc(C(F)(F)F)ccc3=O)cc2)[C@H](C)C(F)(F)F)c1. The first-order chi connectivity index (χ1) is 18.1. The second-order valence-corrected chi connectivity index (χ2v) is 9.32. The van der Waals surface area contributed by atoms with E-state index in [4.69, 9.17) is 0 Å². The van der Waals surface area contributed by atoms with Crippen LogP contribution in [0, 0.1) is 5.92 Å². The zero-order valence-electron chi connectivity index (χ0n) is 21.1. The summed E-state index contributed by atoms with van der Waals surface area (Å²) < 4.78 is 81.1. The van der Waals surface area contributed by atoms with Gasteiger partial charge in [0, 0.05) is 24.4 Å². The standard InChI is InChI=1S/C28H26F6N2O3/c1-17(37)6-7-19-4-3-5-23(14-19)35-26(39)25(18(2)27(29,30)31)21-10-8-20(9-11-21)15-36-16-22(28(32,33)34)12-13-24(36)38/h3-5,8-14,16,18,25H,6-7,15H2,1-2H3,(H,35,39)/t18-,25+/m0/s1. The van der Waals surface area contributed by atoms with Crippen LogP contribution < -0.4 is 10.9 Å². The molecule has 0 aliphatic carbocycles. The molecule has 0 saturated carbocycles. The van der Waals surface area contributed by atoms with Gasteiger partial charge >= 0.3 is 12.4 Å². The minimum atomic E-state index is -4.70. The van der Waals surface area contributed by atoms with E-state index in [2.05, 4.69) is 5.32 Å². The summed E-state index contributed by atoms with van der Waals surface area (Å²) >= 11 is 0. The number of alkyl halides is 6. The fraction of sp³-hybridized carbons (Fsp3) is 0.321. The smallest absolute Gasteiger partial charge is 0.326 e. The number of hydrogen-bond acceptors (Lipinski definition) is 3. The molecular formula is C28H26F6N2O3. The van der Waals surface area contributed by atoms with E-state index in [-0.39, 0.29) is 30.0 Å². The molecule has 0 radical (unpaired) electrons. The molecule has 0 aliphatic rings. The summed E-state index contributed by atoms with van der Waals surface area (Å²) in [5.74, 6) is -4.61. The van der Waals surface area contributed by atoms with Crippen molar-refractivity contribution in [2.75, 3.05) is 5.32 Å². The number of halogens is 6. The molecule has 0 bridgehead atoms. The van der Waals surface area contributed by atoms with Crippen molar-refractivity contribution in [3.8, 4) is 0 Å². The maximum absolute atomic E-state index is 13.7. The van der Waals surface area contributed by atoms with E-state index in [1.807, 2.05) is 0 Å². The summed E-state index contributed by atoms with van der Waals surface area (Å²) in [7, 11) is 0. The van der Waals surface area contributed by atoms with Crippen LogP contribution in [-0.4, -0.2) is 22.4 Å². The number of carbonyl (C=O) groups excluding carboxylic acids is 2. The van der Waals surface area contributed by atoms with Crippen LogP contribution in [0.25, 0.3) is 0 Å². The number of hydrogen-bond donors (Lipinski definition) is 1. The van der Waals surface area contributed by atoms with Crippen LogP contribution in [0.15, 0.2) is 71.7 Å². The Kier molecular flexibility index (Phi) is 9.03. The molecule has 0 unspecified atom stereocenters. The lowest BCUT2D eigenvalue weighted by Gasteiger charge is -2.26. The van der Waals surface area contributed by atoms with Crippen LogP contribution >= 0.6 is 0 Å². The first kappa shape index (κ1) is 29.7. The second kappa shape index (κ2) is 11.9. The van der Waals surface area contributed by atoms with E-state index >= 15 is 0 Å². The Morgan fingerprint density at radius 3 is 2.18 bits per heavy atom. The Labute approximate surface area is 220 Å². The third-order valence-corrected chi connectivity index (χ3v) is 6.26. The number of aromatic nitrogens is 1. The second-order valence-electron chi connectivity index (χ2n) is 9.32. The van der Waals surface area contributed by atoms with Gasteiger partial charge in [0.25, 0.3) is 5.56 Å². The van der Waals surface area contributed by atoms with Crippen LogP contribution in [0.4, 0.5) is 32.0 Å². The zero-order chi connectivity index (χ0) is 29.0. The molecule has 0 fully saturated rings. The molecule has 0 saturated heterocycles. The maximum atomic E-state index is 13.7. The Hall–Kier alpha value is -3.89. The third-order valence-electron chi connectivity index (χ3n) is 6.26. The number of anilines is 1. The number of nitrogens with one attached hydrogen (secondary N) is 1. The molecule has 3 rings (SSSR count). The third kappa shape index (κ3) is 8.05. The van der Waals surface area contributed by atoms with Crippen LogP contribution in [0.3, 0.4) is 0 Å². The molecule has 5 nitrogen and oxygen atoms in total. The van der Waals surface area contributed by atoms with Crippen molar-refractivity contribution in [2.24, 2.45) is 5.92 Å². The zero-order valence-corrected chi connectivity index (χ0v) is 21.1. The number of carbonyl (C=O) groups is 2. The van der Waals surface area contributed by atoms with Gasteiger partial charge in [0.2, 0.25) is 5.91 Å². The molecule has 3 aromatic rings. The lowest BCUT2D eigenvalue weighted by Crippen LogP contribution is -2.34. The number of rotatable bonds is 9. The number of Topliss-reactive ketones (excluding diaryl/α,β-unsaturated/α-hetero) is 1. The number of benzene rings is 2. The Bertz CT molecular complexity index is 1380. The molecule has 0 spiro atoms. The molecule has 1 amide bonds. The highest BCUT2D eigenvalue weighted by atomic mass is 19.4. The van der Waals surface area contributed by atoms with Gasteiger partial charge in [-0.1, -0.05) is 43.3 Å². The van der Waals surface area contributed by atoms with Gasteiger partial charge in [0.15, 0.2) is 0 Å². The lowest BCUT2D eigenvalue weighted by atomic mass is 9.85. The number of nitrogens with zero attached hydrogens (tertiary/aromatic N) is 1. The predicted molar refractivity (Wildman–Crippen MR) is 133 cm³/mol. The molecular weight excluding hydrogens is 526 g/mol. The Morgan fingerprint density at radius 1 is 0.923 bits per heavy atom. The normalized spacial score (nSPS) is 13.5. The quantitative estimate of drug-likeness (QED) is 0.314. The van der Waals surface area contributed by atoms with Gasteiger partial charge in [-0.15, -0.1) is 0 Å². The van der Waals surface area contributed by atoms with E-state index in [0.717, 1.165) is 23.1 Å². The summed E-state index contributed by atoms with van der Waals surface area (Å²) in [6, 6.07) is 13.3. The van der Waals surface area contributed by atoms with Crippen LogP contribution in [0.1, 0.15) is 48.4 Å². The van der Waals surface area contributed by atoms with Crippen molar-refractivity contribution < 1.29 is 35.9 Å². The topological polar surface area (TPSA) is 68.2 Å². The molecule has 1 heterocycles. The van der Waals surface area contributed by atoms with Gasteiger partial charge in [0.05, 0.1) is 23.9 Å². The highest BCUT2D eigenvalue weighted by Crippen LogP contribution is 2.38. The monoisotopic (exact) mass is 552 g/mol. The van der Waals surface area contributed by atoms with Crippen molar-refractivity contribution in [1.29, 1.82) is 0 Å².